The molecule has 102 valence electrons. The third-order valence-electron chi connectivity index (χ3n) is 2.73. The molecule has 3 heterocycles. The van der Waals surface area contributed by atoms with Gasteiger partial charge in [-0.25, -0.2) is 9.97 Å². The van der Waals surface area contributed by atoms with Crippen molar-refractivity contribution in [1.82, 2.24) is 24.6 Å². The molecule has 20 heavy (non-hydrogen) atoms. The molecule has 0 radical (unpaired) electrons. The van der Waals surface area contributed by atoms with Gasteiger partial charge in [-0.1, -0.05) is 6.07 Å². The molecule has 3 aromatic rings. The number of hydrogen-bond donors (Lipinski definition) is 1. The van der Waals surface area contributed by atoms with Crippen LogP contribution in [-0.2, 0) is 0 Å². The number of anilines is 1. The summed E-state index contributed by atoms with van der Waals surface area (Å²) >= 11 is 1.49. The predicted molar refractivity (Wildman–Crippen MR) is 78.0 cm³/mol. The zero-order valence-electron chi connectivity index (χ0n) is 11.2. The summed E-state index contributed by atoms with van der Waals surface area (Å²) in [4.78, 5) is 8.75. The topological polar surface area (TPSA) is 68.0 Å². The second-order valence-electron chi connectivity index (χ2n) is 4.23. The Balaban J connectivity index is 1.96. The monoisotopic (exact) mass is 286 g/mol. The first kappa shape index (κ1) is 12.9. The SMILES string of the molecule is CCNc1ncc(C)c(Sc2nnc3ccccn23)n1. The van der Waals surface area contributed by atoms with Crippen LogP contribution in [0.3, 0.4) is 0 Å². The molecule has 3 rings (SSSR count). The Morgan fingerprint density at radius 1 is 1.30 bits per heavy atom. The molecular formula is C13H14N6S. The Kier molecular flexibility index (Phi) is 3.51. The van der Waals surface area contributed by atoms with Crippen LogP contribution in [0.5, 0.6) is 0 Å². The number of nitrogens with zero attached hydrogens (tertiary/aromatic N) is 5. The van der Waals surface area contributed by atoms with Crippen molar-refractivity contribution in [3.8, 4) is 0 Å². The third kappa shape index (κ3) is 2.44. The van der Waals surface area contributed by atoms with Crippen LogP contribution in [0, 0.1) is 6.92 Å². The standard InChI is InChI=1S/C13H14N6S/c1-3-14-12-15-8-9(2)11(16-12)20-13-18-17-10-6-4-5-7-19(10)13/h4-8H,3H2,1-2H3,(H,14,15,16). The van der Waals surface area contributed by atoms with E-state index in [1.54, 1.807) is 0 Å². The Hall–Kier alpha value is -2.15. The van der Waals surface area contributed by atoms with Gasteiger partial charge in [0.2, 0.25) is 11.1 Å². The Labute approximate surface area is 120 Å². The van der Waals surface area contributed by atoms with Gasteiger partial charge in [0.05, 0.1) is 0 Å². The number of rotatable bonds is 4. The molecule has 0 saturated carbocycles. The lowest BCUT2D eigenvalue weighted by atomic mass is 10.4. The summed E-state index contributed by atoms with van der Waals surface area (Å²) in [5, 5.41) is 13.1. The molecule has 3 aromatic heterocycles. The van der Waals surface area contributed by atoms with Crippen LogP contribution >= 0.6 is 11.8 Å². The van der Waals surface area contributed by atoms with Gasteiger partial charge in [-0.05, 0) is 37.7 Å². The van der Waals surface area contributed by atoms with E-state index in [1.165, 1.54) is 11.8 Å². The number of aryl methyl sites for hydroxylation is 1. The first-order valence-corrected chi connectivity index (χ1v) is 7.14. The summed E-state index contributed by atoms with van der Waals surface area (Å²) in [5.74, 6) is 0.634. The fourth-order valence-electron chi connectivity index (χ4n) is 1.75. The lowest BCUT2D eigenvalue weighted by Gasteiger charge is -2.06. The molecular weight excluding hydrogens is 272 g/mol. The second kappa shape index (κ2) is 5.46. The first-order chi connectivity index (χ1) is 9.78. The maximum Gasteiger partial charge on any atom is 0.223 e. The highest BCUT2D eigenvalue weighted by Gasteiger charge is 2.11. The maximum absolute atomic E-state index is 4.50. The van der Waals surface area contributed by atoms with E-state index in [9.17, 15) is 0 Å². The maximum atomic E-state index is 4.50. The van der Waals surface area contributed by atoms with Crippen LogP contribution in [-0.4, -0.2) is 31.1 Å². The van der Waals surface area contributed by atoms with E-state index in [2.05, 4.69) is 25.5 Å². The van der Waals surface area contributed by atoms with Crippen LogP contribution in [0.15, 0.2) is 40.8 Å². The van der Waals surface area contributed by atoms with Crippen LogP contribution in [0.25, 0.3) is 5.65 Å². The molecule has 7 heteroatoms. The number of fused-ring (bicyclic) bond motifs is 1. The quantitative estimate of drug-likeness (QED) is 0.743. The van der Waals surface area contributed by atoms with Gasteiger partial charge in [0, 0.05) is 24.5 Å². The molecule has 6 nitrogen and oxygen atoms in total. The highest BCUT2D eigenvalue weighted by Crippen LogP contribution is 2.27. The molecule has 0 aromatic carbocycles. The first-order valence-electron chi connectivity index (χ1n) is 6.33. The van der Waals surface area contributed by atoms with Crippen molar-refractivity contribution < 1.29 is 0 Å². The molecule has 0 saturated heterocycles. The third-order valence-corrected chi connectivity index (χ3v) is 3.80. The fourth-order valence-corrected chi connectivity index (χ4v) is 2.60. The summed E-state index contributed by atoms with van der Waals surface area (Å²) in [7, 11) is 0. The number of aromatic nitrogens is 5. The molecule has 0 spiro atoms. The number of hydrogen-bond acceptors (Lipinski definition) is 6. The van der Waals surface area contributed by atoms with E-state index in [4.69, 9.17) is 0 Å². The average Bonchev–Trinajstić information content (AvgIpc) is 2.86. The van der Waals surface area contributed by atoms with Gasteiger partial charge in [0.25, 0.3) is 0 Å². The zero-order valence-corrected chi connectivity index (χ0v) is 12.1. The highest BCUT2D eigenvalue weighted by molar-refractivity contribution is 7.99. The van der Waals surface area contributed by atoms with Gasteiger partial charge in [-0.3, -0.25) is 4.40 Å². The van der Waals surface area contributed by atoms with E-state index in [0.717, 1.165) is 27.9 Å². The summed E-state index contributed by atoms with van der Waals surface area (Å²) in [6.07, 6.45) is 3.76. The van der Waals surface area contributed by atoms with Crippen molar-refractivity contribution in [3.63, 3.8) is 0 Å². The molecule has 0 aliphatic heterocycles. The predicted octanol–water partition coefficient (Wildman–Crippen LogP) is 2.41. The molecule has 0 amide bonds. The molecule has 0 unspecified atom stereocenters. The summed E-state index contributed by atoms with van der Waals surface area (Å²) < 4.78 is 1.94. The van der Waals surface area contributed by atoms with Gasteiger partial charge in [-0.2, -0.15) is 0 Å². The minimum atomic E-state index is 0.634. The molecule has 0 bridgehead atoms. The van der Waals surface area contributed by atoms with Crippen molar-refractivity contribution in [2.75, 3.05) is 11.9 Å². The summed E-state index contributed by atoms with van der Waals surface area (Å²) in [6, 6.07) is 5.82. The van der Waals surface area contributed by atoms with Gasteiger partial charge < -0.3 is 5.32 Å². The largest absolute Gasteiger partial charge is 0.354 e. The Bertz CT molecular complexity index is 739. The van der Waals surface area contributed by atoms with E-state index >= 15 is 0 Å². The van der Waals surface area contributed by atoms with E-state index in [1.807, 2.05) is 48.8 Å². The summed E-state index contributed by atoms with van der Waals surface area (Å²) in [6.45, 7) is 4.80. The molecule has 0 atom stereocenters. The van der Waals surface area contributed by atoms with Crippen LogP contribution in [0.2, 0.25) is 0 Å². The normalized spacial score (nSPS) is 10.9. The molecule has 0 aliphatic rings. The minimum Gasteiger partial charge on any atom is -0.354 e. The number of nitrogens with one attached hydrogen (secondary N) is 1. The van der Waals surface area contributed by atoms with Crippen molar-refractivity contribution in [2.24, 2.45) is 0 Å². The highest BCUT2D eigenvalue weighted by atomic mass is 32.2. The van der Waals surface area contributed by atoms with Crippen LogP contribution < -0.4 is 5.32 Å². The van der Waals surface area contributed by atoms with Crippen molar-refractivity contribution in [3.05, 3.63) is 36.2 Å². The van der Waals surface area contributed by atoms with Gasteiger partial charge in [0.15, 0.2) is 5.65 Å². The lowest BCUT2D eigenvalue weighted by molar-refractivity contribution is 0.909. The molecule has 1 N–H and O–H groups in total. The van der Waals surface area contributed by atoms with Gasteiger partial charge in [0.1, 0.15) is 5.03 Å². The smallest absolute Gasteiger partial charge is 0.223 e. The van der Waals surface area contributed by atoms with E-state index in [0.29, 0.717) is 5.95 Å². The van der Waals surface area contributed by atoms with Crippen LogP contribution in [0.1, 0.15) is 12.5 Å². The molecule has 0 aliphatic carbocycles. The van der Waals surface area contributed by atoms with Crippen molar-refractivity contribution in [2.45, 2.75) is 24.0 Å². The molecule has 0 fully saturated rings. The van der Waals surface area contributed by atoms with E-state index in [-0.39, 0.29) is 0 Å². The summed E-state index contributed by atoms with van der Waals surface area (Å²) in [5.41, 5.74) is 1.85. The second-order valence-corrected chi connectivity index (χ2v) is 5.18. The lowest BCUT2D eigenvalue weighted by Crippen LogP contribution is -2.03. The number of pyridine rings is 1. The Morgan fingerprint density at radius 3 is 3.05 bits per heavy atom. The Morgan fingerprint density at radius 2 is 2.20 bits per heavy atom. The van der Waals surface area contributed by atoms with Gasteiger partial charge >= 0.3 is 0 Å². The van der Waals surface area contributed by atoms with Crippen molar-refractivity contribution in [1.29, 1.82) is 0 Å². The zero-order chi connectivity index (χ0) is 13.9. The van der Waals surface area contributed by atoms with Gasteiger partial charge in [-0.15, -0.1) is 10.2 Å². The fraction of sp³-hybridized carbons (Fsp3) is 0.231. The van der Waals surface area contributed by atoms with Crippen LogP contribution in [0.4, 0.5) is 5.95 Å². The minimum absolute atomic E-state index is 0.634. The van der Waals surface area contributed by atoms with Crippen molar-refractivity contribution >= 4 is 23.4 Å². The average molecular weight is 286 g/mol. The van der Waals surface area contributed by atoms with E-state index < -0.39 is 0 Å².